The monoisotopic (exact) mass is 627 g/mol. The lowest BCUT2D eigenvalue weighted by molar-refractivity contribution is 0.669. The summed E-state index contributed by atoms with van der Waals surface area (Å²) < 4.78 is 8.49. The molecule has 4 nitrogen and oxygen atoms in total. The third-order valence-electron chi connectivity index (χ3n) is 10.1. The van der Waals surface area contributed by atoms with Gasteiger partial charge in [-0.15, -0.1) is 0 Å². The molecule has 9 aromatic rings. The molecule has 230 valence electrons. The number of para-hydroxylation sites is 3. The van der Waals surface area contributed by atoms with E-state index in [0.29, 0.717) is 5.56 Å². The minimum atomic E-state index is 0.668. The average molecular weight is 628 g/mol. The quantitative estimate of drug-likeness (QED) is 0.196. The lowest BCUT2D eigenvalue weighted by atomic mass is 9.92. The molecule has 0 saturated carbocycles. The van der Waals surface area contributed by atoms with Crippen LogP contribution in [-0.2, 0) is 13.1 Å². The molecule has 0 unspecified atom stereocenters. The van der Waals surface area contributed by atoms with Crippen LogP contribution in [0.15, 0.2) is 156 Å². The maximum Gasteiger partial charge on any atom is 0.135 e. The van der Waals surface area contributed by atoms with E-state index < -0.39 is 0 Å². The lowest BCUT2D eigenvalue weighted by Gasteiger charge is -2.24. The Hall–Kier alpha value is -6.57. The van der Waals surface area contributed by atoms with E-state index >= 15 is 0 Å². The van der Waals surface area contributed by atoms with Gasteiger partial charge in [-0.2, -0.15) is 5.26 Å². The van der Waals surface area contributed by atoms with Gasteiger partial charge in [-0.1, -0.05) is 78.9 Å². The summed E-state index contributed by atoms with van der Waals surface area (Å²) >= 11 is 0. The van der Waals surface area contributed by atoms with Crippen molar-refractivity contribution in [3.8, 4) is 34.0 Å². The highest BCUT2D eigenvalue weighted by molar-refractivity contribution is 6.10. The predicted octanol–water partition coefficient (Wildman–Crippen LogP) is 11.4. The van der Waals surface area contributed by atoms with Crippen LogP contribution in [0.4, 0.5) is 5.69 Å². The van der Waals surface area contributed by atoms with Crippen LogP contribution in [0, 0.1) is 11.3 Å². The van der Waals surface area contributed by atoms with E-state index in [2.05, 4.69) is 143 Å². The van der Waals surface area contributed by atoms with Crippen molar-refractivity contribution >= 4 is 49.4 Å². The summed E-state index contributed by atoms with van der Waals surface area (Å²) in [6.07, 6.45) is 0. The van der Waals surface area contributed by atoms with Crippen molar-refractivity contribution in [2.24, 2.45) is 0 Å². The van der Waals surface area contributed by atoms with Gasteiger partial charge >= 0.3 is 0 Å². The van der Waals surface area contributed by atoms with Crippen LogP contribution in [0.25, 0.3) is 71.7 Å². The molecule has 4 heteroatoms. The number of fused-ring (bicyclic) bond motifs is 9. The minimum absolute atomic E-state index is 0.668. The van der Waals surface area contributed by atoms with Gasteiger partial charge in [-0.25, -0.2) is 0 Å². The van der Waals surface area contributed by atoms with Crippen molar-refractivity contribution in [3.05, 3.63) is 168 Å². The van der Waals surface area contributed by atoms with Gasteiger partial charge in [-0.05, 0) is 106 Å². The fraction of sp³-hybridized carbons (Fsp3) is 0.0444. The van der Waals surface area contributed by atoms with Crippen molar-refractivity contribution < 1.29 is 4.42 Å². The number of benzene rings is 7. The summed E-state index contributed by atoms with van der Waals surface area (Å²) in [6.45, 7) is 1.61. The molecule has 0 amide bonds. The van der Waals surface area contributed by atoms with Gasteiger partial charge in [0.25, 0.3) is 0 Å². The molecule has 7 aromatic carbocycles. The lowest BCUT2D eigenvalue weighted by Crippen LogP contribution is -2.20. The summed E-state index contributed by atoms with van der Waals surface area (Å²) in [5.74, 6) is 0. The summed E-state index contributed by atoms with van der Waals surface area (Å²) in [5, 5.41) is 14.2. The molecule has 3 heterocycles. The maximum absolute atomic E-state index is 9.68. The van der Waals surface area contributed by atoms with Crippen LogP contribution in [0.5, 0.6) is 0 Å². The summed E-state index contributed by atoms with van der Waals surface area (Å²) in [6, 6.07) is 56.2. The standard InChI is InChI=1S/C45H29N3O/c46-26-29-14-20-43-40(22-29)36-10-4-6-12-42(36)48(43)35-19-17-33-28-47(34-8-2-1-3-9-34)27-32-16-15-30(23-38(32)39(33)25-35)31-18-21-45-41(24-31)37-11-5-7-13-44(37)49-45/h1-25H,27-28H2. The fourth-order valence-corrected chi connectivity index (χ4v) is 7.75. The first-order valence-electron chi connectivity index (χ1n) is 16.6. The second-order valence-corrected chi connectivity index (χ2v) is 12.9. The molecule has 0 N–H and O–H groups in total. The van der Waals surface area contributed by atoms with Crippen LogP contribution < -0.4 is 4.90 Å². The number of furan rings is 1. The molecule has 0 radical (unpaired) electrons. The zero-order valence-electron chi connectivity index (χ0n) is 26.6. The zero-order chi connectivity index (χ0) is 32.5. The number of hydrogen-bond donors (Lipinski definition) is 0. The van der Waals surface area contributed by atoms with Crippen molar-refractivity contribution in [2.75, 3.05) is 4.90 Å². The first kappa shape index (κ1) is 27.5. The molecule has 0 fully saturated rings. The number of hydrogen-bond acceptors (Lipinski definition) is 3. The van der Waals surface area contributed by atoms with E-state index in [0.717, 1.165) is 62.5 Å². The first-order valence-corrected chi connectivity index (χ1v) is 16.6. The molecule has 0 saturated heterocycles. The minimum Gasteiger partial charge on any atom is -0.456 e. The van der Waals surface area contributed by atoms with Crippen LogP contribution in [-0.4, -0.2) is 4.57 Å². The SMILES string of the molecule is N#Cc1ccc2c(c1)c1ccccc1n2-c1ccc2c(c1)-c1cc(-c3ccc4oc5ccccc5c4c3)ccc1CN(c1ccccc1)C2. The number of nitrogens with zero attached hydrogens (tertiary/aromatic N) is 3. The second-order valence-electron chi connectivity index (χ2n) is 12.9. The van der Waals surface area contributed by atoms with Crippen LogP contribution in [0.3, 0.4) is 0 Å². The highest BCUT2D eigenvalue weighted by Crippen LogP contribution is 2.41. The summed E-state index contributed by atoms with van der Waals surface area (Å²) in [5.41, 5.74) is 14.4. The molecule has 0 aliphatic carbocycles. The Bertz CT molecular complexity index is 2800. The Morgan fingerprint density at radius 3 is 2.02 bits per heavy atom. The van der Waals surface area contributed by atoms with E-state index in [9.17, 15) is 5.26 Å². The van der Waals surface area contributed by atoms with Gasteiger partial charge in [0.1, 0.15) is 11.2 Å². The van der Waals surface area contributed by atoms with Gasteiger partial charge in [0.15, 0.2) is 0 Å². The molecular weight excluding hydrogens is 599 g/mol. The molecule has 1 aliphatic rings. The second kappa shape index (κ2) is 10.7. The van der Waals surface area contributed by atoms with Crippen molar-refractivity contribution in [1.29, 1.82) is 5.26 Å². The van der Waals surface area contributed by atoms with E-state index in [1.54, 1.807) is 0 Å². The number of aromatic nitrogens is 1. The van der Waals surface area contributed by atoms with Crippen LogP contribution in [0.2, 0.25) is 0 Å². The number of anilines is 1. The van der Waals surface area contributed by atoms with Crippen molar-refractivity contribution in [1.82, 2.24) is 4.57 Å². The smallest absolute Gasteiger partial charge is 0.135 e. The Labute approximate surface area is 283 Å². The molecular formula is C45H29N3O. The first-order chi connectivity index (χ1) is 24.2. The summed E-state index contributed by atoms with van der Waals surface area (Å²) in [4.78, 5) is 2.47. The van der Waals surface area contributed by atoms with Gasteiger partial charge < -0.3 is 13.9 Å². The summed E-state index contributed by atoms with van der Waals surface area (Å²) in [7, 11) is 0. The van der Waals surface area contributed by atoms with Gasteiger partial charge in [0, 0.05) is 46.0 Å². The van der Waals surface area contributed by atoms with Gasteiger partial charge in [0.2, 0.25) is 0 Å². The van der Waals surface area contributed by atoms with Crippen LogP contribution in [0.1, 0.15) is 16.7 Å². The third-order valence-corrected chi connectivity index (χ3v) is 10.1. The largest absolute Gasteiger partial charge is 0.456 e. The Kier molecular flexibility index (Phi) is 6.03. The molecule has 0 bridgehead atoms. The molecule has 0 spiro atoms. The van der Waals surface area contributed by atoms with Crippen LogP contribution >= 0.6 is 0 Å². The molecule has 0 atom stereocenters. The van der Waals surface area contributed by atoms with Crippen molar-refractivity contribution in [2.45, 2.75) is 13.1 Å². The number of rotatable bonds is 3. The van der Waals surface area contributed by atoms with E-state index in [-0.39, 0.29) is 0 Å². The number of nitriles is 1. The topological polar surface area (TPSA) is 45.1 Å². The van der Waals surface area contributed by atoms with E-state index in [1.165, 1.54) is 39.1 Å². The average Bonchev–Trinajstić information content (AvgIpc) is 3.64. The van der Waals surface area contributed by atoms with E-state index in [4.69, 9.17) is 4.42 Å². The molecule has 49 heavy (non-hydrogen) atoms. The van der Waals surface area contributed by atoms with Gasteiger partial charge in [-0.3, -0.25) is 0 Å². The van der Waals surface area contributed by atoms with Gasteiger partial charge in [0.05, 0.1) is 22.7 Å². The third kappa shape index (κ3) is 4.37. The zero-order valence-corrected chi connectivity index (χ0v) is 26.6. The van der Waals surface area contributed by atoms with E-state index in [1.807, 2.05) is 24.3 Å². The Morgan fingerprint density at radius 1 is 0.490 bits per heavy atom. The van der Waals surface area contributed by atoms with Crippen molar-refractivity contribution in [3.63, 3.8) is 0 Å². The molecule has 2 aromatic heterocycles. The highest BCUT2D eigenvalue weighted by Gasteiger charge is 2.23. The highest BCUT2D eigenvalue weighted by atomic mass is 16.3. The molecule has 1 aliphatic heterocycles. The fourth-order valence-electron chi connectivity index (χ4n) is 7.75. The Morgan fingerprint density at radius 2 is 1.16 bits per heavy atom. The maximum atomic E-state index is 9.68. The normalized spacial score (nSPS) is 12.7. The predicted molar refractivity (Wildman–Crippen MR) is 200 cm³/mol. The molecule has 10 rings (SSSR count). The Balaban J connectivity index is 1.19.